The van der Waals surface area contributed by atoms with Crippen molar-refractivity contribution in [3.8, 4) is 0 Å². The zero-order valence-electron chi connectivity index (χ0n) is 19.8. The number of aromatic nitrogens is 1. The lowest BCUT2D eigenvalue weighted by molar-refractivity contribution is -0.120. The second-order valence-corrected chi connectivity index (χ2v) is 10.1. The van der Waals surface area contributed by atoms with Gasteiger partial charge in [0.05, 0.1) is 5.41 Å². The van der Waals surface area contributed by atoms with Gasteiger partial charge >= 0.3 is 0 Å². The minimum atomic E-state index is -0.604. The third-order valence-electron chi connectivity index (χ3n) is 8.01. The fourth-order valence-electron chi connectivity index (χ4n) is 6.05. The van der Waals surface area contributed by atoms with Gasteiger partial charge in [0.1, 0.15) is 5.82 Å². The van der Waals surface area contributed by atoms with E-state index in [4.69, 9.17) is 0 Å². The zero-order chi connectivity index (χ0) is 23.8. The van der Waals surface area contributed by atoms with E-state index in [-0.39, 0.29) is 11.8 Å². The highest BCUT2D eigenvalue weighted by Gasteiger charge is 2.51. The van der Waals surface area contributed by atoms with Gasteiger partial charge in [0.25, 0.3) is 5.91 Å². The van der Waals surface area contributed by atoms with E-state index in [0.717, 1.165) is 49.2 Å². The molecule has 1 aromatic heterocycles. The predicted octanol–water partition coefficient (Wildman–Crippen LogP) is 3.68. The maximum absolute atomic E-state index is 12.9. The molecule has 1 spiro atoms. The van der Waals surface area contributed by atoms with Gasteiger partial charge in [-0.2, -0.15) is 0 Å². The van der Waals surface area contributed by atoms with Gasteiger partial charge in [-0.25, -0.2) is 4.98 Å². The van der Waals surface area contributed by atoms with Crippen LogP contribution in [0.5, 0.6) is 0 Å². The summed E-state index contributed by atoms with van der Waals surface area (Å²) in [5.41, 5.74) is 4.67. The van der Waals surface area contributed by atoms with Crippen LogP contribution in [0, 0.1) is 0 Å². The summed E-state index contributed by atoms with van der Waals surface area (Å²) in [7, 11) is 0. The zero-order valence-corrected chi connectivity index (χ0v) is 19.8. The highest BCUT2D eigenvalue weighted by atomic mass is 16.2. The van der Waals surface area contributed by atoms with Crippen LogP contribution in [-0.4, -0.2) is 47.9 Å². The second-order valence-electron chi connectivity index (χ2n) is 10.1. The lowest BCUT2D eigenvalue weighted by atomic mass is 9.79. The molecule has 2 aliphatic heterocycles. The van der Waals surface area contributed by atoms with E-state index in [1.807, 2.05) is 30.3 Å². The van der Waals surface area contributed by atoms with Crippen molar-refractivity contribution in [2.75, 3.05) is 31.5 Å². The number of piperidine rings is 1. The summed E-state index contributed by atoms with van der Waals surface area (Å²) in [5.74, 6) is 1.26. The van der Waals surface area contributed by atoms with Crippen LogP contribution in [0.2, 0.25) is 0 Å². The molecule has 2 amide bonds. The topological polar surface area (TPSA) is 74.3 Å². The van der Waals surface area contributed by atoms with Crippen LogP contribution in [0.25, 0.3) is 0 Å². The summed E-state index contributed by atoms with van der Waals surface area (Å²) in [6.07, 6.45) is 5.28. The Morgan fingerprint density at radius 2 is 1.83 bits per heavy atom. The largest absolute Gasteiger partial charge is 0.351 e. The molecule has 0 saturated carbocycles. The first kappa shape index (κ1) is 22.0. The normalized spacial score (nSPS) is 21.5. The van der Waals surface area contributed by atoms with E-state index in [1.165, 1.54) is 5.56 Å². The Morgan fingerprint density at radius 3 is 2.66 bits per heavy atom. The molecular formula is C29H30N4O2. The third-order valence-corrected chi connectivity index (χ3v) is 8.01. The molecule has 2 aromatic carbocycles. The lowest BCUT2D eigenvalue weighted by Crippen LogP contribution is -2.39. The Morgan fingerprint density at radius 1 is 1.03 bits per heavy atom. The fraction of sp³-hybridized carbons (Fsp3) is 0.345. The molecule has 35 heavy (non-hydrogen) atoms. The molecule has 1 aliphatic carbocycles. The number of fused-ring (bicyclic) bond motifs is 3. The van der Waals surface area contributed by atoms with Crippen molar-refractivity contribution in [3.63, 3.8) is 0 Å². The van der Waals surface area contributed by atoms with Gasteiger partial charge in [0, 0.05) is 30.4 Å². The first-order valence-corrected chi connectivity index (χ1v) is 12.6. The summed E-state index contributed by atoms with van der Waals surface area (Å²) < 4.78 is 0. The smallest absolute Gasteiger partial charge is 0.251 e. The maximum atomic E-state index is 12.9. The number of pyridine rings is 1. The summed E-state index contributed by atoms with van der Waals surface area (Å²) in [5, 5.41) is 6.04. The minimum absolute atomic E-state index is 0.00411. The third kappa shape index (κ3) is 4.02. The van der Waals surface area contributed by atoms with Crippen LogP contribution in [0.4, 0.5) is 5.82 Å². The predicted molar refractivity (Wildman–Crippen MR) is 136 cm³/mol. The van der Waals surface area contributed by atoms with Crippen molar-refractivity contribution in [1.82, 2.24) is 15.2 Å². The number of benzene rings is 2. The highest BCUT2D eigenvalue weighted by Crippen LogP contribution is 2.46. The molecule has 178 valence electrons. The van der Waals surface area contributed by atoms with Crippen LogP contribution in [0.1, 0.15) is 51.4 Å². The van der Waals surface area contributed by atoms with E-state index >= 15 is 0 Å². The maximum Gasteiger partial charge on any atom is 0.251 e. The Hall–Kier alpha value is -3.51. The van der Waals surface area contributed by atoms with Gasteiger partial charge in [-0.15, -0.1) is 0 Å². The van der Waals surface area contributed by atoms with Crippen molar-refractivity contribution >= 4 is 17.6 Å². The Bertz CT molecular complexity index is 1270. The van der Waals surface area contributed by atoms with Crippen molar-refractivity contribution in [2.24, 2.45) is 0 Å². The summed E-state index contributed by atoms with van der Waals surface area (Å²) in [4.78, 5) is 32.5. The standard InChI is InChI=1S/C29H30N4O2/c34-27(31-13-16-33-14-10-21(11-15-33)20-5-2-1-3-6-20)22-8-9-23-18-29(19-24(23)17-22)25-7-4-12-30-26(25)32-28(29)35/h1-9,12,17,21H,10-11,13-16,18-19H2,(H,31,34)(H,30,32,35). The van der Waals surface area contributed by atoms with Gasteiger partial charge in [-0.05, 0) is 79.6 Å². The number of rotatable bonds is 5. The molecule has 1 unspecified atom stereocenters. The number of hydrogen-bond donors (Lipinski definition) is 2. The van der Waals surface area contributed by atoms with E-state index in [9.17, 15) is 9.59 Å². The Balaban J connectivity index is 1.04. The Labute approximate surface area is 205 Å². The molecular weight excluding hydrogens is 436 g/mol. The molecule has 1 saturated heterocycles. The molecule has 3 aliphatic rings. The number of nitrogens with zero attached hydrogens (tertiary/aromatic N) is 2. The first-order chi connectivity index (χ1) is 17.1. The molecule has 2 N–H and O–H groups in total. The van der Waals surface area contributed by atoms with Crippen molar-refractivity contribution < 1.29 is 9.59 Å². The Kier molecular flexibility index (Phi) is 5.61. The monoisotopic (exact) mass is 466 g/mol. The van der Waals surface area contributed by atoms with Crippen LogP contribution in [-0.2, 0) is 23.1 Å². The molecule has 0 radical (unpaired) electrons. The van der Waals surface area contributed by atoms with Gasteiger partial charge in [0.2, 0.25) is 5.91 Å². The average Bonchev–Trinajstić information content (AvgIpc) is 3.42. The van der Waals surface area contributed by atoms with Gasteiger partial charge in [-0.1, -0.05) is 42.5 Å². The first-order valence-electron chi connectivity index (χ1n) is 12.6. The summed E-state index contributed by atoms with van der Waals surface area (Å²) >= 11 is 0. The number of hydrogen-bond acceptors (Lipinski definition) is 4. The molecule has 3 heterocycles. The van der Waals surface area contributed by atoms with Crippen LogP contribution >= 0.6 is 0 Å². The van der Waals surface area contributed by atoms with Crippen molar-refractivity contribution in [3.05, 3.63) is 94.7 Å². The van der Waals surface area contributed by atoms with Gasteiger partial charge in [0.15, 0.2) is 0 Å². The highest BCUT2D eigenvalue weighted by molar-refractivity contribution is 6.06. The molecule has 6 nitrogen and oxygen atoms in total. The number of carbonyl (C=O) groups excluding carboxylic acids is 2. The average molecular weight is 467 g/mol. The van der Waals surface area contributed by atoms with Crippen LogP contribution < -0.4 is 10.6 Å². The minimum Gasteiger partial charge on any atom is -0.351 e. The fourth-order valence-corrected chi connectivity index (χ4v) is 6.05. The van der Waals surface area contributed by atoms with E-state index in [2.05, 4.69) is 50.8 Å². The number of likely N-dealkylation sites (tertiary alicyclic amines) is 1. The molecule has 1 fully saturated rings. The summed E-state index contributed by atoms with van der Waals surface area (Å²) in [6.45, 7) is 3.63. The van der Waals surface area contributed by atoms with E-state index in [0.29, 0.717) is 36.7 Å². The molecule has 0 bridgehead atoms. The molecule has 1 atom stereocenters. The van der Waals surface area contributed by atoms with Crippen LogP contribution in [0.15, 0.2) is 66.9 Å². The second kappa shape index (κ2) is 8.93. The van der Waals surface area contributed by atoms with E-state index in [1.54, 1.807) is 6.20 Å². The number of amides is 2. The van der Waals surface area contributed by atoms with E-state index < -0.39 is 5.41 Å². The number of carbonyl (C=O) groups is 2. The van der Waals surface area contributed by atoms with Gasteiger partial charge in [-0.3, -0.25) is 9.59 Å². The number of anilines is 1. The molecule has 6 heteroatoms. The van der Waals surface area contributed by atoms with Gasteiger partial charge < -0.3 is 15.5 Å². The SMILES string of the molecule is O=C(NCCN1CCC(c2ccccc2)CC1)c1ccc2c(c1)CC1(C2)C(=O)Nc2ncccc21. The summed E-state index contributed by atoms with van der Waals surface area (Å²) in [6, 6.07) is 20.5. The lowest BCUT2D eigenvalue weighted by Gasteiger charge is -2.32. The molecule has 3 aromatic rings. The quantitative estimate of drug-likeness (QED) is 0.602. The van der Waals surface area contributed by atoms with Crippen molar-refractivity contribution in [2.45, 2.75) is 37.0 Å². The van der Waals surface area contributed by atoms with Crippen LogP contribution in [0.3, 0.4) is 0 Å². The van der Waals surface area contributed by atoms with Crippen molar-refractivity contribution in [1.29, 1.82) is 0 Å². The molecule has 6 rings (SSSR count). The number of nitrogens with one attached hydrogen (secondary N) is 2.